The summed E-state index contributed by atoms with van der Waals surface area (Å²) in [6.45, 7) is 1.70. The van der Waals surface area contributed by atoms with Crippen molar-refractivity contribution in [2.45, 2.75) is 13.1 Å². The van der Waals surface area contributed by atoms with E-state index in [0.717, 1.165) is 12.1 Å². The van der Waals surface area contributed by atoms with E-state index in [-0.39, 0.29) is 16.7 Å². The average molecular weight is 303 g/mol. The number of anilines is 3. The van der Waals surface area contributed by atoms with Gasteiger partial charge in [0.15, 0.2) is 0 Å². The fraction of sp³-hybridized carbons (Fsp3) is 0.167. The number of nitrogens with zero attached hydrogens (tertiary/aromatic N) is 2. The first kappa shape index (κ1) is 14.4. The van der Waals surface area contributed by atoms with E-state index >= 15 is 0 Å². The summed E-state index contributed by atoms with van der Waals surface area (Å²) < 4.78 is 38.0. The Hall–Kier alpha value is -2.02. The number of hydrogen-bond acceptors (Lipinski definition) is 4. The van der Waals surface area contributed by atoms with Gasteiger partial charge in [-0.05, 0) is 25.1 Å². The molecule has 0 atom stereocenters. The lowest BCUT2D eigenvalue weighted by Crippen LogP contribution is -2.06. The maximum Gasteiger partial charge on any atom is 0.416 e. The normalized spacial score (nSPS) is 11.4. The molecule has 0 unspecified atom stereocenters. The van der Waals surface area contributed by atoms with Crippen LogP contribution in [0.3, 0.4) is 0 Å². The molecular weight excluding hydrogens is 293 g/mol. The van der Waals surface area contributed by atoms with Crippen LogP contribution in [0.1, 0.15) is 11.3 Å². The summed E-state index contributed by atoms with van der Waals surface area (Å²) >= 11 is 5.69. The highest BCUT2D eigenvalue weighted by atomic mass is 35.5. The van der Waals surface area contributed by atoms with E-state index in [4.69, 9.17) is 17.3 Å². The molecule has 0 saturated heterocycles. The van der Waals surface area contributed by atoms with Crippen LogP contribution >= 0.6 is 11.6 Å². The van der Waals surface area contributed by atoms with Crippen LogP contribution in [0.15, 0.2) is 24.3 Å². The van der Waals surface area contributed by atoms with Crippen LogP contribution in [-0.4, -0.2) is 9.97 Å². The number of nitrogen functional groups attached to an aromatic ring is 1. The summed E-state index contributed by atoms with van der Waals surface area (Å²) in [5, 5.41) is 2.70. The molecule has 0 spiro atoms. The molecule has 0 bridgehead atoms. The number of hydrogen-bond donors (Lipinski definition) is 2. The molecule has 1 aromatic heterocycles. The molecular formula is C12H10ClF3N4. The molecule has 4 nitrogen and oxygen atoms in total. The number of aryl methyl sites for hydroxylation is 1. The van der Waals surface area contributed by atoms with E-state index in [0.29, 0.717) is 11.5 Å². The molecule has 0 amide bonds. The Morgan fingerprint density at radius 3 is 2.45 bits per heavy atom. The summed E-state index contributed by atoms with van der Waals surface area (Å²) in [6, 6.07) is 4.72. The zero-order chi connectivity index (χ0) is 14.9. The Balaban J connectivity index is 2.36. The number of benzene rings is 1. The van der Waals surface area contributed by atoms with Crippen LogP contribution in [0.5, 0.6) is 0 Å². The third-order valence-electron chi connectivity index (χ3n) is 2.37. The van der Waals surface area contributed by atoms with Crippen molar-refractivity contribution in [3.05, 3.63) is 40.5 Å². The van der Waals surface area contributed by atoms with Crippen molar-refractivity contribution >= 4 is 29.1 Å². The molecule has 0 aliphatic carbocycles. The van der Waals surface area contributed by atoms with Gasteiger partial charge in [-0.1, -0.05) is 11.6 Å². The van der Waals surface area contributed by atoms with Gasteiger partial charge < -0.3 is 11.1 Å². The minimum atomic E-state index is -4.47. The van der Waals surface area contributed by atoms with Crippen LogP contribution in [0.4, 0.5) is 30.6 Å². The van der Waals surface area contributed by atoms with Crippen molar-refractivity contribution in [3.63, 3.8) is 0 Å². The molecule has 1 aromatic carbocycles. The maximum atomic E-state index is 12.7. The van der Waals surface area contributed by atoms with E-state index in [2.05, 4.69) is 15.3 Å². The number of nitrogens with two attached hydrogens (primary N) is 1. The predicted molar refractivity (Wildman–Crippen MR) is 70.9 cm³/mol. The van der Waals surface area contributed by atoms with Crippen LogP contribution in [-0.2, 0) is 6.18 Å². The monoisotopic (exact) mass is 302 g/mol. The minimum Gasteiger partial charge on any atom is -0.368 e. The number of rotatable bonds is 2. The zero-order valence-corrected chi connectivity index (χ0v) is 11.0. The lowest BCUT2D eigenvalue weighted by atomic mass is 10.2. The van der Waals surface area contributed by atoms with Gasteiger partial charge in [-0.25, -0.2) is 4.98 Å². The molecule has 0 aliphatic heterocycles. The first-order valence-electron chi connectivity index (χ1n) is 5.50. The van der Waals surface area contributed by atoms with Crippen molar-refractivity contribution in [1.82, 2.24) is 9.97 Å². The van der Waals surface area contributed by atoms with Gasteiger partial charge in [0, 0.05) is 22.5 Å². The van der Waals surface area contributed by atoms with Crippen LogP contribution < -0.4 is 11.1 Å². The van der Waals surface area contributed by atoms with E-state index < -0.39 is 11.7 Å². The first-order valence-corrected chi connectivity index (χ1v) is 5.88. The van der Waals surface area contributed by atoms with E-state index in [1.165, 1.54) is 6.07 Å². The third kappa shape index (κ3) is 3.51. The van der Waals surface area contributed by atoms with Gasteiger partial charge in [-0.15, -0.1) is 0 Å². The SMILES string of the molecule is Cc1cc(Nc2cc(Cl)cc(C(F)(F)F)c2)nc(N)n1. The Morgan fingerprint density at radius 2 is 1.85 bits per heavy atom. The molecule has 0 saturated carbocycles. The largest absolute Gasteiger partial charge is 0.416 e. The second-order valence-corrected chi connectivity index (χ2v) is 4.54. The second kappa shape index (κ2) is 5.16. The number of halogens is 4. The topological polar surface area (TPSA) is 63.8 Å². The fourth-order valence-electron chi connectivity index (χ4n) is 1.63. The summed E-state index contributed by atoms with van der Waals surface area (Å²) in [5.74, 6) is 0.330. The quantitative estimate of drug-likeness (QED) is 0.886. The van der Waals surface area contributed by atoms with Crippen molar-refractivity contribution in [2.75, 3.05) is 11.1 Å². The highest BCUT2D eigenvalue weighted by molar-refractivity contribution is 6.31. The van der Waals surface area contributed by atoms with Crippen LogP contribution in [0, 0.1) is 6.92 Å². The van der Waals surface area contributed by atoms with E-state index in [1.807, 2.05) is 0 Å². The van der Waals surface area contributed by atoms with Gasteiger partial charge in [-0.2, -0.15) is 18.2 Å². The Labute approximate surface area is 117 Å². The van der Waals surface area contributed by atoms with Gasteiger partial charge in [0.05, 0.1) is 5.56 Å². The second-order valence-electron chi connectivity index (χ2n) is 4.10. The third-order valence-corrected chi connectivity index (χ3v) is 2.59. The Bertz CT molecular complexity index is 623. The van der Waals surface area contributed by atoms with Crippen LogP contribution in [0.25, 0.3) is 0 Å². The molecule has 0 radical (unpaired) electrons. The van der Waals surface area contributed by atoms with Gasteiger partial charge in [0.2, 0.25) is 5.95 Å². The van der Waals surface area contributed by atoms with Crippen molar-refractivity contribution in [3.8, 4) is 0 Å². The van der Waals surface area contributed by atoms with Crippen molar-refractivity contribution in [2.24, 2.45) is 0 Å². The highest BCUT2D eigenvalue weighted by Gasteiger charge is 2.31. The Morgan fingerprint density at radius 1 is 1.15 bits per heavy atom. The molecule has 8 heteroatoms. The number of alkyl halides is 3. The van der Waals surface area contributed by atoms with Gasteiger partial charge in [0.25, 0.3) is 0 Å². The molecule has 106 valence electrons. The summed E-state index contributed by atoms with van der Waals surface area (Å²) in [5.41, 5.74) is 5.40. The summed E-state index contributed by atoms with van der Waals surface area (Å²) in [4.78, 5) is 7.75. The van der Waals surface area contributed by atoms with E-state index in [9.17, 15) is 13.2 Å². The number of nitrogens with one attached hydrogen (secondary N) is 1. The molecule has 0 fully saturated rings. The molecule has 20 heavy (non-hydrogen) atoms. The predicted octanol–water partition coefficient (Wildman–Crippen LogP) is 3.78. The minimum absolute atomic E-state index is 0.0268. The maximum absolute atomic E-state index is 12.7. The molecule has 3 N–H and O–H groups in total. The summed E-state index contributed by atoms with van der Waals surface area (Å²) in [7, 11) is 0. The van der Waals surface area contributed by atoms with Crippen LogP contribution in [0.2, 0.25) is 5.02 Å². The van der Waals surface area contributed by atoms with Gasteiger partial charge in [0.1, 0.15) is 5.82 Å². The number of aromatic nitrogens is 2. The molecule has 2 aromatic rings. The lowest BCUT2D eigenvalue weighted by molar-refractivity contribution is -0.137. The van der Waals surface area contributed by atoms with Crippen molar-refractivity contribution in [1.29, 1.82) is 0 Å². The highest BCUT2D eigenvalue weighted by Crippen LogP contribution is 2.33. The average Bonchev–Trinajstić information content (AvgIpc) is 2.25. The van der Waals surface area contributed by atoms with Gasteiger partial charge >= 0.3 is 6.18 Å². The zero-order valence-electron chi connectivity index (χ0n) is 10.3. The van der Waals surface area contributed by atoms with Gasteiger partial charge in [-0.3, -0.25) is 0 Å². The molecule has 0 aliphatic rings. The Kier molecular flexibility index (Phi) is 3.71. The fourth-order valence-corrected chi connectivity index (χ4v) is 1.86. The molecule has 1 heterocycles. The van der Waals surface area contributed by atoms with Crippen molar-refractivity contribution < 1.29 is 13.2 Å². The van der Waals surface area contributed by atoms with E-state index in [1.54, 1.807) is 13.0 Å². The summed E-state index contributed by atoms with van der Waals surface area (Å²) in [6.07, 6.45) is -4.47. The smallest absolute Gasteiger partial charge is 0.368 e. The first-order chi connectivity index (χ1) is 9.24. The molecule has 2 rings (SSSR count). The standard InChI is InChI=1S/C12H10ClF3N4/c1-6-2-10(20-11(17)18-6)19-9-4-7(12(14,15)16)3-8(13)5-9/h2-5H,1H3,(H3,17,18,19,20). The lowest BCUT2D eigenvalue weighted by Gasteiger charge is -2.11.